The first-order chi connectivity index (χ1) is 8.61. The van der Waals surface area contributed by atoms with Crippen LogP contribution in [0.25, 0.3) is 0 Å². The quantitative estimate of drug-likeness (QED) is 0.698. The number of ether oxygens (including phenoxy) is 1. The maximum atomic E-state index is 5.83. The summed E-state index contributed by atoms with van der Waals surface area (Å²) >= 11 is 1.84. The van der Waals surface area contributed by atoms with E-state index in [-0.39, 0.29) is 6.10 Å². The summed E-state index contributed by atoms with van der Waals surface area (Å²) in [5.74, 6) is 0. The number of rotatable bonds is 9. The number of hydrogen-bond donors (Lipinski definition) is 1. The molecule has 104 valence electrons. The summed E-state index contributed by atoms with van der Waals surface area (Å²) in [6, 6.07) is 4.37. The third-order valence-corrected chi connectivity index (χ3v) is 3.63. The van der Waals surface area contributed by atoms with Crippen molar-refractivity contribution in [3.8, 4) is 0 Å². The lowest BCUT2D eigenvalue weighted by Gasteiger charge is -2.16. The molecule has 0 radical (unpaired) electrons. The van der Waals surface area contributed by atoms with Gasteiger partial charge in [-0.05, 0) is 46.1 Å². The summed E-state index contributed by atoms with van der Waals surface area (Å²) < 4.78 is 5.83. The molecule has 0 aliphatic carbocycles. The Morgan fingerprint density at radius 3 is 2.72 bits per heavy atom. The first-order valence-corrected chi connectivity index (χ1v) is 7.48. The highest BCUT2D eigenvalue weighted by atomic mass is 32.1. The van der Waals surface area contributed by atoms with Crippen LogP contribution in [0.5, 0.6) is 0 Å². The Labute approximate surface area is 115 Å². The van der Waals surface area contributed by atoms with Gasteiger partial charge in [0.05, 0.1) is 12.7 Å². The summed E-state index contributed by atoms with van der Waals surface area (Å²) in [7, 11) is 4.14. The Hall–Kier alpha value is -0.420. The summed E-state index contributed by atoms with van der Waals surface area (Å²) in [5, 5.41) is 3.42. The topological polar surface area (TPSA) is 24.5 Å². The Morgan fingerprint density at radius 1 is 1.33 bits per heavy atom. The predicted octanol–water partition coefficient (Wildman–Crippen LogP) is 2.71. The molecule has 0 bridgehead atoms. The van der Waals surface area contributed by atoms with E-state index in [1.807, 2.05) is 11.3 Å². The molecule has 0 amide bonds. The van der Waals surface area contributed by atoms with Crippen molar-refractivity contribution in [2.75, 3.05) is 27.2 Å². The second-order valence-electron chi connectivity index (χ2n) is 4.93. The fourth-order valence-corrected chi connectivity index (χ4v) is 2.68. The van der Waals surface area contributed by atoms with Crippen molar-refractivity contribution in [2.45, 2.75) is 39.5 Å². The van der Waals surface area contributed by atoms with E-state index in [0.29, 0.717) is 0 Å². The first-order valence-electron chi connectivity index (χ1n) is 6.66. The molecule has 1 aromatic rings. The highest BCUT2D eigenvalue weighted by Gasteiger charge is 2.05. The van der Waals surface area contributed by atoms with Gasteiger partial charge < -0.3 is 15.0 Å². The Balaban J connectivity index is 2.26. The monoisotopic (exact) mass is 270 g/mol. The van der Waals surface area contributed by atoms with Crippen LogP contribution in [-0.4, -0.2) is 38.2 Å². The normalized spacial score (nSPS) is 13.2. The molecule has 0 spiro atoms. The molecule has 4 heteroatoms. The van der Waals surface area contributed by atoms with Crippen molar-refractivity contribution in [3.05, 3.63) is 21.9 Å². The van der Waals surface area contributed by atoms with Gasteiger partial charge in [-0.3, -0.25) is 0 Å². The molecule has 0 aromatic carbocycles. The zero-order chi connectivity index (χ0) is 13.4. The van der Waals surface area contributed by atoms with Crippen molar-refractivity contribution in [1.82, 2.24) is 10.2 Å². The maximum Gasteiger partial charge on any atom is 0.0813 e. The average molecular weight is 270 g/mol. The summed E-state index contributed by atoms with van der Waals surface area (Å²) in [6.45, 7) is 8.07. The largest absolute Gasteiger partial charge is 0.372 e. The highest BCUT2D eigenvalue weighted by Crippen LogP contribution is 2.17. The first kappa shape index (κ1) is 15.6. The fourth-order valence-electron chi connectivity index (χ4n) is 1.77. The van der Waals surface area contributed by atoms with Crippen LogP contribution in [0.15, 0.2) is 12.1 Å². The molecule has 1 unspecified atom stereocenters. The molecule has 1 N–H and O–H groups in total. The minimum absolute atomic E-state index is 0.281. The van der Waals surface area contributed by atoms with Crippen molar-refractivity contribution in [2.24, 2.45) is 0 Å². The van der Waals surface area contributed by atoms with Crippen LogP contribution in [0.4, 0.5) is 0 Å². The van der Waals surface area contributed by atoms with Crippen LogP contribution in [0.3, 0.4) is 0 Å². The van der Waals surface area contributed by atoms with Crippen LogP contribution < -0.4 is 5.32 Å². The number of likely N-dealkylation sites (N-methyl/N-ethyl adjacent to an activating group) is 1. The van der Waals surface area contributed by atoms with Crippen LogP contribution in [0.1, 0.15) is 30.0 Å². The third-order valence-electron chi connectivity index (χ3n) is 2.58. The van der Waals surface area contributed by atoms with Crippen molar-refractivity contribution in [3.63, 3.8) is 0 Å². The molecule has 1 atom stereocenters. The van der Waals surface area contributed by atoms with Gasteiger partial charge in [0.15, 0.2) is 0 Å². The summed E-state index contributed by atoms with van der Waals surface area (Å²) in [6.07, 6.45) is 1.47. The van der Waals surface area contributed by atoms with Gasteiger partial charge in [0.1, 0.15) is 0 Å². The molecular formula is C14H26N2OS. The van der Waals surface area contributed by atoms with Crippen molar-refractivity contribution in [1.29, 1.82) is 0 Å². The summed E-state index contributed by atoms with van der Waals surface area (Å²) in [4.78, 5) is 4.86. The molecule has 0 fully saturated rings. The third kappa shape index (κ3) is 6.50. The van der Waals surface area contributed by atoms with Crippen LogP contribution >= 0.6 is 11.3 Å². The maximum absolute atomic E-state index is 5.83. The van der Waals surface area contributed by atoms with Gasteiger partial charge in [0.2, 0.25) is 0 Å². The van der Waals surface area contributed by atoms with Crippen LogP contribution in [-0.2, 0) is 17.9 Å². The number of nitrogens with zero attached hydrogens (tertiary/aromatic N) is 1. The van der Waals surface area contributed by atoms with Gasteiger partial charge in [-0.25, -0.2) is 0 Å². The Bertz CT molecular complexity index is 325. The highest BCUT2D eigenvalue weighted by molar-refractivity contribution is 7.11. The minimum atomic E-state index is 0.281. The van der Waals surface area contributed by atoms with E-state index >= 15 is 0 Å². The van der Waals surface area contributed by atoms with Gasteiger partial charge in [0.25, 0.3) is 0 Å². The van der Waals surface area contributed by atoms with Gasteiger partial charge in [-0.1, -0.05) is 6.92 Å². The Kier molecular flexibility index (Phi) is 7.51. The lowest BCUT2D eigenvalue weighted by Crippen LogP contribution is -2.25. The molecule has 3 nitrogen and oxygen atoms in total. The lowest BCUT2D eigenvalue weighted by atomic mass is 10.4. The molecule has 1 rings (SSSR count). The van der Waals surface area contributed by atoms with Gasteiger partial charge in [-0.2, -0.15) is 0 Å². The van der Waals surface area contributed by atoms with Crippen LogP contribution in [0.2, 0.25) is 0 Å². The molecule has 0 saturated heterocycles. The second kappa shape index (κ2) is 8.64. The van der Waals surface area contributed by atoms with E-state index < -0.39 is 0 Å². The minimum Gasteiger partial charge on any atom is -0.372 e. The molecule has 18 heavy (non-hydrogen) atoms. The Morgan fingerprint density at radius 2 is 2.06 bits per heavy atom. The van der Waals surface area contributed by atoms with Gasteiger partial charge in [-0.15, -0.1) is 11.3 Å². The van der Waals surface area contributed by atoms with E-state index in [9.17, 15) is 0 Å². The number of nitrogens with one attached hydrogen (secondary N) is 1. The SMILES string of the molecule is CCCNCc1ccc(COC(C)CN(C)C)s1. The van der Waals surface area contributed by atoms with Gasteiger partial charge in [0, 0.05) is 22.8 Å². The van der Waals surface area contributed by atoms with E-state index in [2.05, 4.69) is 50.3 Å². The lowest BCUT2D eigenvalue weighted by molar-refractivity contribution is 0.0379. The molecule has 0 saturated carbocycles. The van der Waals surface area contributed by atoms with E-state index in [4.69, 9.17) is 4.74 Å². The fraction of sp³-hybridized carbons (Fsp3) is 0.714. The van der Waals surface area contributed by atoms with E-state index in [1.165, 1.54) is 16.2 Å². The molecule has 0 aliphatic heterocycles. The standard InChI is InChI=1S/C14H26N2OS/c1-5-8-15-9-13-6-7-14(18-13)11-17-12(2)10-16(3)4/h6-7,12,15H,5,8-11H2,1-4H3. The van der Waals surface area contributed by atoms with Crippen LogP contribution in [0, 0.1) is 0 Å². The van der Waals surface area contributed by atoms with E-state index in [0.717, 1.165) is 26.2 Å². The number of hydrogen-bond acceptors (Lipinski definition) is 4. The smallest absolute Gasteiger partial charge is 0.0813 e. The molecule has 1 heterocycles. The number of thiophene rings is 1. The molecule has 0 aliphatic rings. The zero-order valence-corrected chi connectivity index (χ0v) is 12.8. The average Bonchev–Trinajstić information content (AvgIpc) is 2.74. The molecular weight excluding hydrogens is 244 g/mol. The molecule has 1 aromatic heterocycles. The zero-order valence-electron chi connectivity index (χ0n) is 12.0. The van der Waals surface area contributed by atoms with E-state index in [1.54, 1.807) is 0 Å². The van der Waals surface area contributed by atoms with Crippen molar-refractivity contribution >= 4 is 11.3 Å². The van der Waals surface area contributed by atoms with Crippen molar-refractivity contribution < 1.29 is 4.74 Å². The second-order valence-corrected chi connectivity index (χ2v) is 6.18. The summed E-state index contributed by atoms with van der Waals surface area (Å²) in [5.41, 5.74) is 0. The van der Waals surface area contributed by atoms with Gasteiger partial charge >= 0.3 is 0 Å². The predicted molar refractivity (Wildman–Crippen MR) is 79.1 cm³/mol.